The summed E-state index contributed by atoms with van der Waals surface area (Å²) in [6.07, 6.45) is -4.55. The molecule has 4 N–H and O–H groups in total. The summed E-state index contributed by atoms with van der Waals surface area (Å²) in [5, 5.41) is 21.0. The molecule has 3 heterocycles. The van der Waals surface area contributed by atoms with Gasteiger partial charge in [0, 0.05) is 31.1 Å². The smallest absolute Gasteiger partial charge is 0.490 e. The number of alkyl halides is 3. The molecule has 13 nitrogen and oxygen atoms in total. The summed E-state index contributed by atoms with van der Waals surface area (Å²) in [5.41, 5.74) is 1.53. The van der Waals surface area contributed by atoms with Gasteiger partial charge in [0.05, 0.1) is 36.9 Å². The lowest BCUT2D eigenvalue weighted by Crippen LogP contribution is -2.27. The maximum Gasteiger partial charge on any atom is 0.490 e. The number of ether oxygens (including phenoxy) is 3. The molecule has 0 amide bonds. The summed E-state index contributed by atoms with van der Waals surface area (Å²) in [7, 11) is 3.15. The zero-order chi connectivity index (χ0) is 31.3. The molecule has 0 saturated carbocycles. The number of aromatic nitrogens is 4. The number of carbonyl (C=O) groups is 1. The lowest BCUT2D eigenvalue weighted by molar-refractivity contribution is -0.192. The van der Waals surface area contributed by atoms with E-state index in [1.165, 1.54) is 0 Å². The van der Waals surface area contributed by atoms with Gasteiger partial charge in [0.25, 0.3) is 5.56 Å². The number of benzene rings is 2. The summed E-state index contributed by atoms with van der Waals surface area (Å²) in [6.45, 7) is 4.58. The van der Waals surface area contributed by atoms with Crippen LogP contribution in [0.5, 0.6) is 17.2 Å². The number of hydrogen-bond acceptors (Lipinski definition) is 11. The van der Waals surface area contributed by atoms with E-state index in [2.05, 4.69) is 30.2 Å². The van der Waals surface area contributed by atoms with Gasteiger partial charge in [-0.15, -0.1) is 0 Å². The molecule has 1 saturated heterocycles. The third-order valence-corrected chi connectivity index (χ3v) is 6.46. The first-order chi connectivity index (χ1) is 20.4. The number of nitrogens with one attached hydrogen (secondary N) is 2. The topological polar surface area (TPSA) is 172 Å². The van der Waals surface area contributed by atoms with Crippen molar-refractivity contribution in [3.63, 3.8) is 0 Å². The zero-order valence-electron chi connectivity index (χ0n) is 23.4. The molecule has 1 unspecified atom stereocenters. The first-order valence-electron chi connectivity index (χ1n) is 12.9. The molecule has 1 aliphatic heterocycles. The van der Waals surface area contributed by atoms with Gasteiger partial charge in [0.15, 0.2) is 0 Å². The highest BCUT2D eigenvalue weighted by molar-refractivity contribution is 5.89. The number of carboxylic acid groups (broad SMARTS) is 1. The molecule has 5 rings (SSSR count). The number of halogens is 3. The van der Waals surface area contributed by atoms with Crippen molar-refractivity contribution in [3.05, 3.63) is 46.4 Å². The van der Waals surface area contributed by atoms with Gasteiger partial charge in [-0.1, -0.05) is 0 Å². The fraction of sp³-hybridized carbons (Fsp3) is 0.370. The Hall–Kier alpha value is -4.70. The van der Waals surface area contributed by atoms with Gasteiger partial charge in [-0.3, -0.25) is 20.0 Å². The van der Waals surface area contributed by atoms with Crippen molar-refractivity contribution in [3.8, 4) is 17.2 Å². The normalized spacial score (nSPS) is 15.2. The second kappa shape index (κ2) is 13.1. The van der Waals surface area contributed by atoms with Gasteiger partial charge >= 0.3 is 12.1 Å². The number of rotatable bonds is 8. The fourth-order valence-electron chi connectivity index (χ4n) is 4.33. The van der Waals surface area contributed by atoms with Gasteiger partial charge in [-0.2, -0.15) is 13.2 Å². The predicted molar refractivity (Wildman–Crippen MR) is 149 cm³/mol. The molecular formula is C27H29F3N6O7. The average Bonchev–Trinajstić information content (AvgIpc) is 3.37. The van der Waals surface area contributed by atoms with E-state index in [4.69, 9.17) is 24.1 Å². The lowest BCUT2D eigenvalue weighted by atomic mass is 10.1. The first-order valence-corrected chi connectivity index (χ1v) is 12.9. The molecule has 1 aliphatic rings. The predicted octanol–water partition coefficient (Wildman–Crippen LogP) is 3.01. The van der Waals surface area contributed by atoms with E-state index in [9.17, 15) is 23.1 Å². The number of aryl methyl sites for hydroxylation is 1. The molecule has 2 aromatic heterocycles. The van der Waals surface area contributed by atoms with Crippen molar-refractivity contribution < 1.29 is 42.4 Å². The van der Waals surface area contributed by atoms with Crippen molar-refractivity contribution in [2.75, 3.05) is 45.8 Å². The van der Waals surface area contributed by atoms with Crippen LogP contribution in [0.15, 0.2) is 35.1 Å². The quantitative estimate of drug-likeness (QED) is 0.231. The van der Waals surface area contributed by atoms with Crippen LogP contribution in [0.3, 0.4) is 0 Å². The Morgan fingerprint density at radius 2 is 1.84 bits per heavy atom. The summed E-state index contributed by atoms with van der Waals surface area (Å²) in [6, 6.07) is 8.81. The van der Waals surface area contributed by atoms with E-state index in [1.54, 1.807) is 38.5 Å². The number of β-amino-alcohol motifs (C(OH)–C–C–N with tert-alkyl or cyclic N) is 1. The van der Waals surface area contributed by atoms with E-state index >= 15 is 0 Å². The molecule has 0 radical (unpaired) electrons. The molecule has 0 aliphatic carbocycles. The molecule has 43 heavy (non-hydrogen) atoms. The van der Waals surface area contributed by atoms with Crippen LogP contribution in [-0.4, -0.2) is 93.8 Å². The number of methoxy groups -OCH3 is 2. The first kappa shape index (κ1) is 31.2. The Morgan fingerprint density at radius 3 is 2.47 bits per heavy atom. The molecule has 0 spiro atoms. The zero-order valence-corrected chi connectivity index (χ0v) is 23.4. The number of carboxylic acids is 1. The summed E-state index contributed by atoms with van der Waals surface area (Å²) >= 11 is 0. The highest BCUT2D eigenvalue weighted by Gasteiger charge is 2.38. The van der Waals surface area contributed by atoms with Crippen LogP contribution in [-0.2, 0) is 4.79 Å². The van der Waals surface area contributed by atoms with Gasteiger partial charge in [0.1, 0.15) is 29.4 Å². The Kier molecular flexibility index (Phi) is 9.50. The summed E-state index contributed by atoms with van der Waals surface area (Å²) in [5.74, 6) is -0.478. The van der Waals surface area contributed by atoms with E-state index in [0.29, 0.717) is 52.5 Å². The van der Waals surface area contributed by atoms with E-state index in [-0.39, 0.29) is 23.6 Å². The third-order valence-electron chi connectivity index (χ3n) is 6.46. The number of aliphatic hydroxyl groups is 1. The number of nitrogens with zero attached hydrogens (tertiary/aromatic N) is 4. The number of aliphatic hydroxyl groups excluding tert-OH is 1. The second-order valence-corrected chi connectivity index (χ2v) is 9.47. The maximum absolute atomic E-state index is 12.8. The average molecular weight is 607 g/mol. The van der Waals surface area contributed by atoms with Crippen molar-refractivity contribution in [2.24, 2.45) is 0 Å². The highest BCUT2D eigenvalue weighted by Crippen LogP contribution is 2.32. The molecule has 4 aromatic rings. The van der Waals surface area contributed by atoms with Crippen LogP contribution >= 0.6 is 0 Å². The van der Waals surface area contributed by atoms with E-state index in [1.807, 2.05) is 13.0 Å². The molecule has 1 fully saturated rings. The molecule has 2 aromatic carbocycles. The standard InChI is InChI=1S/C25H28N6O5.C2HF3O2/c1-14-18-11-17(34-2)12-21(35-3)22(18)28-24(26-14)30-25-27-20-5-4-16(10-19(20)23(33)29-25)36-9-8-31-7-6-15(32)13-31;3-2(4,5)1(6)7/h4-5,10-12,15,32H,6-9,13H2,1-3H3,(H2,26,27,28,29,30,33);(H,6,7). The minimum Gasteiger partial charge on any atom is -0.497 e. The summed E-state index contributed by atoms with van der Waals surface area (Å²) < 4.78 is 48.4. The van der Waals surface area contributed by atoms with Crippen molar-refractivity contribution in [2.45, 2.75) is 25.6 Å². The van der Waals surface area contributed by atoms with E-state index < -0.39 is 12.1 Å². The summed E-state index contributed by atoms with van der Waals surface area (Å²) in [4.78, 5) is 40.2. The molecule has 1 atom stereocenters. The number of likely N-dealkylation sites (tertiary alicyclic amines) is 1. The number of aromatic amines is 1. The van der Waals surface area contributed by atoms with Crippen molar-refractivity contribution in [1.29, 1.82) is 0 Å². The number of aliphatic carboxylic acids is 1. The number of hydrogen-bond donors (Lipinski definition) is 4. The highest BCUT2D eigenvalue weighted by atomic mass is 19.4. The minimum atomic E-state index is -5.08. The van der Waals surface area contributed by atoms with Crippen LogP contribution in [0.4, 0.5) is 25.1 Å². The van der Waals surface area contributed by atoms with Crippen LogP contribution in [0.25, 0.3) is 21.8 Å². The van der Waals surface area contributed by atoms with Crippen molar-refractivity contribution in [1.82, 2.24) is 24.8 Å². The van der Waals surface area contributed by atoms with Gasteiger partial charge in [0.2, 0.25) is 11.9 Å². The number of H-pyrrole nitrogens is 1. The monoisotopic (exact) mass is 606 g/mol. The van der Waals surface area contributed by atoms with Crippen LogP contribution < -0.4 is 25.1 Å². The van der Waals surface area contributed by atoms with Crippen LogP contribution in [0, 0.1) is 6.92 Å². The maximum atomic E-state index is 12.8. The Labute approximate surface area is 242 Å². The number of anilines is 2. The number of fused-ring (bicyclic) bond motifs is 2. The Morgan fingerprint density at radius 1 is 1.12 bits per heavy atom. The lowest BCUT2D eigenvalue weighted by Gasteiger charge is -2.15. The van der Waals surface area contributed by atoms with Gasteiger partial charge in [-0.25, -0.2) is 19.7 Å². The minimum absolute atomic E-state index is 0.222. The molecule has 230 valence electrons. The Balaban J connectivity index is 0.000000541. The third kappa shape index (κ3) is 7.78. The molecule has 0 bridgehead atoms. The second-order valence-electron chi connectivity index (χ2n) is 9.47. The largest absolute Gasteiger partial charge is 0.497 e. The van der Waals surface area contributed by atoms with E-state index in [0.717, 1.165) is 24.9 Å². The SMILES string of the molecule is COc1cc(OC)c2nc(Nc3nc4ccc(OCCN5CCC(O)C5)cc4c(=O)[nH]3)nc(C)c2c1.O=C(O)C(F)(F)F. The fourth-order valence-corrected chi connectivity index (χ4v) is 4.33. The van der Waals surface area contributed by atoms with Gasteiger partial charge < -0.3 is 24.4 Å². The Bertz CT molecular complexity index is 1680. The molecule has 16 heteroatoms. The van der Waals surface area contributed by atoms with Crippen LogP contribution in [0.2, 0.25) is 0 Å². The van der Waals surface area contributed by atoms with Crippen molar-refractivity contribution >= 4 is 39.7 Å². The molecular weight excluding hydrogens is 577 g/mol. The van der Waals surface area contributed by atoms with Gasteiger partial charge in [-0.05, 0) is 37.6 Å². The van der Waals surface area contributed by atoms with Crippen LogP contribution in [0.1, 0.15) is 12.1 Å².